The highest BCUT2D eigenvalue weighted by molar-refractivity contribution is 5.97. The van der Waals surface area contributed by atoms with E-state index in [9.17, 15) is 4.79 Å². The van der Waals surface area contributed by atoms with Crippen LogP contribution in [0.5, 0.6) is 0 Å². The molecule has 104 valence electrons. The van der Waals surface area contributed by atoms with Crippen LogP contribution >= 0.6 is 0 Å². The molecule has 2 N–H and O–H groups in total. The van der Waals surface area contributed by atoms with Gasteiger partial charge in [0.15, 0.2) is 0 Å². The van der Waals surface area contributed by atoms with Crippen LogP contribution in [0.4, 0.5) is 0 Å². The Morgan fingerprint density at radius 3 is 3.10 bits per heavy atom. The Morgan fingerprint density at radius 1 is 1.45 bits per heavy atom. The topological polar surface area (TPSA) is 83.0 Å². The molecule has 0 saturated carbocycles. The molecule has 1 fully saturated rings. The van der Waals surface area contributed by atoms with E-state index < -0.39 is 5.91 Å². The number of rotatable bonds is 3. The van der Waals surface area contributed by atoms with Crippen molar-refractivity contribution in [2.24, 2.45) is 5.73 Å². The molecule has 2 aromatic rings. The van der Waals surface area contributed by atoms with Crippen LogP contribution in [0.15, 0.2) is 30.7 Å². The first-order valence-electron chi connectivity index (χ1n) is 6.66. The molecular formula is C14H16N4O2. The predicted molar refractivity (Wildman–Crippen MR) is 72.8 cm³/mol. The summed E-state index contributed by atoms with van der Waals surface area (Å²) in [7, 11) is 0. The van der Waals surface area contributed by atoms with Gasteiger partial charge < -0.3 is 10.5 Å². The number of hydrogen-bond donors (Lipinski definition) is 1. The van der Waals surface area contributed by atoms with Crippen molar-refractivity contribution in [3.63, 3.8) is 0 Å². The first-order valence-corrected chi connectivity index (χ1v) is 6.66. The summed E-state index contributed by atoms with van der Waals surface area (Å²) in [5.41, 5.74) is 7.13. The highest BCUT2D eigenvalue weighted by Gasteiger charge is 2.18. The van der Waals surface area contributed by atoms with Gasteiger partial charge in [0.2, 0.25) is 0 Å². The second kappa shape index (κ2) is 5.42. The molecular weight excluding hydrogens is 256 g/mol. The standard InChI is InChI=1S/C14H16N4O2/c15-14(19)13-11(4-3-6-16-13)10-8-17-18(9-10)12-5-1-2-7-20-12/h3-4,6,8-9,12H,1-2,5,7H2,(H2,15,19). The Labute approximate surface area is 116 Å². The third kappa shape index (κ3) is 2.42. The summed E-state index contributed by atoms with van der Waals surface area (Å²) in [6, 6.07) is 3.59. The number of nitrogens with two attached hydrogens (primary N) is 1. The van der Waals surface area contributed by atoms with Crippen LogP contribution in [0.25, 0.3) is 11.1 Å². The van der Waals surface area contributed by atoms with Crippen LogP contribution in [0.1, 0.15) is 36.0 Å². The zero-order valence-corrected chi connectivity index (χ0v) is 11.0. The molecule has 0 aliphatic carbocycles. The van der Waals surface area contributed by atoms with Crippen molar-refractivity contribution in [2.75, 3.05) is 6.61 Å². The molecule has 6 nitrogen and oxygen atoms in total. The molecule has 1 amide bonds. The van der Waals surface area contributed by atoms with Crippen LogP contribution < -0.4 is 5.73 Å². The lowest BCUT2D eigenvalue weighted by Gasteiger charge is -2.22. The van der Waals surface area contributed by atoms with Crippen molar-refractivity contribution in [3.05, 3.63) is 36.4 Å². The minimum atomic E-state index is -0.540. The van der Waals surface area contributed by atoms with Gasteiger partial charge in [-0.15, -0.1) is 0 Å². The third-order valence-corrected chi connectivity index (χ3v) is 3.40. The van der Waals surface area contributed by atoms with Crippen molar-refractivity contribution in [1.29, 1.82) is 0 Å². The fourth-order valence-corrected chi connectivity index (χ4v) is 2.40. The second-order valence-electron chi connectivity index (χ2n) is 4.79. The molecule has 6 heteroatoms. The molecule has 1 saturated heterocycles. The largest absolute Gasteiger partial charge is 0.364 e. The number of primary amides is 1. The van der Waals surface area contributed by atoms with E-state index in [1.807, 2.05) is 12.3 Å². The van der Waals surface area contributed by atoms with Gasteiger partial charge in [-0.2, -0.15) is 5.10 Å². The summed E-state index contributed by atoms with van der Waals surface area (Å²) in [5, 5.41) is 4.33. The number of ether oxygens (including phenoxy) is 1. The summed E-state index contributed by atoms with van der Waals surface area (Å²) in [6.07, 6.45) is 8.31. The predicted octanol–water partition coefficient (Wildman–Crippen LogP) is 1.74. The SMILES string of the molecule is NC(=O)c1ncccc1-c1cnn(C2CCCCO2)c1. The van der Waals surface area contributed by atoms with E-state index in [-0.39, 0.29) is 11.9 Å². The molecule has 0 aromatic carbocycles. The van der Waals surface area contributed by atoms with Crippen LogP contribution in [0, 0.1) is 0 Å². The van der Waals surface area contributed by atoms with Gasteiger partial charge in [-0.3, -0.25) is 9.78 Å². The molecule has 0 spiro atoms. The van der Waals surface area contributed by atoms with Gasteiger partial charge in [0.1, 0.15) is 11.9 Å². The quantitative estimate of drug-likeness (QED) is 0.922. The van der Waals surface area contributed by atoms with Gasteiger partial charge in [-0.25, -0.2) is 4.68 Å². The highest BCUT2D eigenvalue weighted by atomic mass is 16.5. The van der Waals surface area contributed by atoms with E-state index in [0.29, 0.717) is 5.56 Å². The van der Waals surface area contributed by atoms with E-state index in [1.165, 1.54) is 0 Å². The second-order valence-corrected chi connectivity index (χ2v) is 4.79. The molecule has 2 aromatic heterocycles. The number of pyridine rings is 1. The summed E-state index contributed by atoms with van der Waals surface area (Å²) in [4.78, 5) is 15.4. The van der Waals surface area contributed by atoms with Crippen molar-refractivity contribution in [3.8, 4) is 11.1 Å². The van der Waals surface area contributed by atoms with Gasteiger partial charge in [-0.05, 0) is 25.3 Å². The van der Waals surface area contributed by atoms with E-state index >= 15 is 0 Å². The Morgan fingerprint density at radius 2 is 2.35 bits per heavy atom. The lowest BCUT2D eigenvalue weighted by Crippen LogP contribution is -2.18. The number of aromatic nitrogens is 3. The molecule has 0 radical (unpaired) electrons. The van der Waals surface area contributed by atoms with Gasteiger partial charge in [0.25, 0.3) is 5.91 Å². The lowest BCUT2D eigenvalue weighted by molar-refractivity contribution is -0.0394. The maximum Gasteiger partial charge on any atom is 0.267 e. The first-order chi connectivity index (χ1) is 9.75. The average molecular weight is 272 g/mol. The van der Waals surface area contributed by atoms with Crippen LogP contribution in [0.2, 0.25) is 0 Å². The van der Waals surface area contributed by atoms with Gasteiger partial charge in [0, 0.05) is 30.1 Å². The molecule has 1 atom stereocenters. The molecule has 3 rings (SSSR count). The summed E-state index contributed by atoms with van der Waals surface area (Å²) >= 11 is 0. The molecule has 1 aliphatic heterocycles. The minimum absolute atomic E-state index is 0.0220. The van der Waals surface area contributed by atoms with E-state index in [2.05, 4.69) is 10.1 Å². The van der Waals surface area contributed by atoms with Crippen molar-refractivity contribution in [1.82, 2.24) is 14.8 Å². The Balaban J connectivity index is 1.92. The van der Waals surface area contributed by atoms with Crippen molar-refractivity contribution < 1.29 is 9.53 Å². The van der Waals surface area contributed by atoms with Gasteiger partial charge in [0.05, 0.1) is 6.20 Å². The summed E-state index contributed by atoms with van der Waals surface area (Å²) < 4.78 is 7.48. The average Bonchev–Trinajstić information content (AvgIpc) is 2.98. The molecule has 1 aliphatic rings. The maximum absolute atomic E-state index is 11.4. The zero-order chi connectivity index (χ0) is 13.9. The minimum Gasteiger partial charge on any atom is -0.364 e. The van der Waals surface area contributed by atoms with Gasteiger partial charge >= 0.3 is 0 Å². The number of carbonyl (C=O) groups is 1. The molecule has 20 heavy (non-hydrogen) atoms. The smallest absolute Gasteiger partial charge is 0.267 e. The zero-order valence-electron chi connectivity index (χ0n) is 11.0. The van der Waals surface area contributed by atoms with E-state index in [4.69, 9.17) is 10.5 Å². The third-order valence-electron chi connectivity index (χ3n) is 3.40. The maximum atomic E-state index is 11.4. The number of nitrogens with zero attached hydrogens (tertiary/aromatic N) is 3. The normalized spacial score (nSPS) is 18.9. The first kappa shape index (κ1) is 12.8. The van der Waals surface area contributed by atoms with Gasteiger partial charge in [-0.1, -0.05) is 6.07 Å². The Bertz CT molecular complexity index is 617. The Hall–Kier alpha value is -2.21. The summed E-state index contributed by atoms with van der Waals surface area (Å²) in [6.45, 7) is 0.763. The van der Waals surface area contributed by atoms with Crippen molar-refractivity contribution >= 4 is 5.91 Å². The summed E-state index contributed by atoms with van der Waals surface area (Å²) in [5.74, 6) is -0.540. The number of amides is 1. The monoisotopic (exact) mass is 272 g/mol. The lowest BCUT2D eigenvalue weighted by atomic mass is 10.1. The van der Waals surface area contributed by atoms with Crippen LogP contribution in [0.3, 0.4) is 0 Å². The van der Waals surface area contributed by atoms with Crippen LogP contribution in [-0.2, 0) is 4.74 Å². The van der Waals surface area contributed by atoms with E-state index in [1.54, 1.807) is 23.1 Å². The number of carbonyl (C=O) groups excluding carboxylic acids is 1. The van der Waals surface area contributed by atoms with Crippen molar-refractivity contribution in [2.45, 2.75) is 25.5 Å². The molecule has 0 bridgehead atoms. The highest BCUT2D eigenvalue weighted by Crippen LogP contribution is 2.26. The molecule has 3 heterocycles. The number of hydrogen-bond acceptors (Lipinski definition) is 4. The fourth-order valence-electron chi connectivity index (χ4n) is 2.40. The van der Waals surface area contributed by atoms with E-state index in [0.717, 1.165) is 31.4 Å². The fraction of sp³-hybridized carbons (Fsp3) is 0.357. The Kier molecular flexibility index (Phi) is 3.47. The molecule has 1 unspecified atom stereocenters. The van der Waals surface area contributed by atoms with Crippen LogP contribution in [-0.4, -0.2) is 27.3 Å².